The number of anilines is 1. The van der Waals surface area contributed by atoms with Crippen LogP contribution in [0.25, 0.3) is 0 Å². The van der Waals surface area contributed by atoms with Crippen LogP contribution in [0, 0.1) is 5.82 Å². The lowest BCUT2D eigenvalue weighted by Crippen LogP contribution is -2.40. The summed E-state index contributed by atoms with van der Waals surface area (Å²) in [5.41, 5.74) is 0.843. The zero-order chi connectivity index (χ0) is 15.6. The van der Waals surface area contributed by atoms with Gasteiger partial charge in [-0.15, -0.1) is 0 Å². The SMILES string of the molecule is C[C@@]1(C(=O)Nc2cccnc2)CC(c2ccc(F)cc2)=NO1. The van der Waals surface area contributed by atoms with E-state index in [2.05, 4.69) is 15.5 Å². The summed E-state index contributed by atoms with van der Waals surface area (Å²) in [6, 6.07) is 9.40. The van der Waals surface area contributed by atoms with Gasteiger partial charge in [0.05, 0.1) is 17.6 Å². The molecule has 3 rings (SSSR count). The molecule has 5 nitrogen and oxygen atoms in total. The van der Waals surface area contributed by atoms with Gasteiger partial charge in [0.1, 0.15) is 5.82 Å². The second-order valence-electron chi connectivity index (χ2n) is 5.24. The van der Waals surface area contributed by atoms with E-state index in [-0.39, 0.29) is 11.7 Å². The minimum Gasteiger partial charge on any atom is -0.379 e. The van der Waals surface area contributed by atoms with Crippen LogP contribution in [-0.2, 0) is 9.63 Å². The fraction of sp³-hybridized carbons (Fsp3) is 0.188. The topological polar surface area (TPSA) is 63.6 Å². The van der Waals surface area contributed by atoms with E-state index in [1.807, 2.05) is 0 Å². The number of oxime groups is 1. The Bertz CT molecular complexity index is 716. The number of pyridine rings is 1. The average Bonchev–Trinajstić information content (AvgIpc) is 2.93. The molecule has 1 amide bonds. The molecule has 22 heavy (non-hydrogen) atoms. The summed E-state index contributed by atoms with van der Waals surface area (Å²) >= 11 is 0. The Labute approximate surface area is 126 Å². The molecule has 0 fully saturated rings. The van der Waals surface area contributed by atoms with Gasteiger partial charge in [0.25, 0.3) is 5.91 Å². The zero-order valence-electron chi connectivity index (χ0n) is 11.9. The van der Waals surface area contributed by atoms with Crippen molar-refractivity contribution in [3.8, 4) is 0 Å². The summed E-state index contributed by atoms with van der Waals surface area (Å²) in [7, 11) is 0. The molecule has 1 N–H and O–H groups in total. The molecule has 0 saturated heterocycles. The van der Waals surface area contributed by atoms with Crippen molar-refractivity contribution >= 4 is 17.3 Å². The number of halogens is 1. The van der Waals surface area contributed by atoms with Crippen LogP contribution in [0.3, 0.4) is 0 Å². The molecule has 1 aliphatic heterocycles. The minimum absolute atomic E-state index is 0.304. The van der Waals surface area contributed by atoms with Crippen LogP contribution in [0.4, 0.5) is 10.1 Å². The first-order valence-corrected chi connectivity index (χ1v) is 6.79. The fourth-order valence-electron chi connectivity index (χ4n) is 2.16. The lowest BCUT2D eigenvalue weighted by molar-refractivity contribution is -0.135. The quantitative estimate of drug-likeness (QED) is 0.948. The summed E-state index contributed by atoms with van der Waals surface area (Å²) in [6.07, 6.45) is 3.49. The Kier molecular flexibility index (Phi) is 3.58. The van der Waals surface area contributed by atoms with Gasteiger partial charge in [-0.2, -0.15) is 0 Å². The average molecular weight is 299 g/mol. The molecule has 1 aromatic carbocycles. The van der Waals surface area contributed by atoms with Crippen molar-refractivity contribution in [2.45, 2.75) is 18.9 Å². The standard InChI is InChI=1S/C16H14FN3O2/c1-16(15(21)19-13-3-2-8-18-10-13)9-14(20-22-16)11-4-6-12(17)7-5-11/h2-8,10H,9H2,1H3,(H,19,21)/t16-/m0/s1. The third-order valence-electron chi connectivity index (χ3n) is 3.44. The lowest BCUT2D eigenvalue weighted by atomic mass is 9.95. The molecule has 1 aromatic heterocycles. The molecule has 1 aliphatic rings. The number of nitrogens with one attached hydrogen (secondary N) is 1. The van der Waals surface area contributed by atoms with Crippen molar-refractivity contribution in [3.05, 3.63) is 60.2 Å². The second kappa shape index (κ2) is 5.55. The number of carbonyl (C=O) groups is 1. The third-order valence-corrected chi connectivity index (χ3v) is 3.44. The number of nitrogens with zero attached hydrogens (tertiary/aromatic N) is 2. The van der Waals surface area contributed by atoms with Crippen molar-refractivity contribution in [2.75, 3.05) is 5.32 Å². The number of hydrogen-bond donors (Lipinski definition) is 1. The van der Waals surface area contributed by atoms with Crippen molar-refractivity contribution in [1.82, 2.24) is 4.98 Å². The predicted molar refractivity (Wildman–Crippen MR) is 79.9 cm³/mol. The van der Waals surface area contributed by atoms with Gasteiger partial charge in [0.15, 0.2) is 0 Å². The Morgan fingerprint density at radius 3 is 2.77 bits per heavy atom. The maximum atomic E-state index is 13.0. The van der Waals surface area contributed by atoms with Crippen molar-refractivity contribution in [2.24, 2.45) is 5.16 Å². The summed E-state index contributed by atoms with van der Waals surface area (Å²) in [6.45, 7) is 1.67. The molecule has 6 heteroatoms. The van der Waals surface area contributed by atoms with Gasteiger partial charge in [0, 0.05) is 12.6 Å². The summed E-state index contributed by atoms with van der Waals surface area (Å²) in [4.78, 5) is 21.6. The number of rotatable bonds is 3. The summed E-state index contributed by atoms with van der Waals surface area (Å²) in [5.74, 6) is -0.623. The Balaban J connectivity index is 1.71. The second-order valence-corrected chi connectivity index (χ2v) is 5.24. The maximum absolute atomic E-state index is 13.0. The summed E-state index contributed by atoms with van der Waals surface area (Å²) < 4.78 is 13.0. The van der Waals surface area contributed by atoms with Gasteiger partial charge in [-0.25, -0.2) is 4.39 Å². The van der Waals surface area contributed by atoms with Gasteiger partial charge in [0.2, 0.25) is 5.60 Å². The lowest BCUT2D eigenvalue weighted by Gasteiger charge is -2.20. The van der Waals surface area contributed by atoms with E-state index in [1.54, 1.807) is 43.6 Å². The third kappa shape index (κ3) is 2.81. The first kappa shape index (κ1) is 14.2. The van der Waals surface area contributed by atoms with Crippen LogP contribution < -0.4 is 5.32 Å². The van der Waals surface area contributed by atoms with Crippen LogP contribution in [0.5, 0.6) is 0 Å². The highest BCUT2D eigenvalue weighted by molar-refractivity contribution is 6.07. The monoisotopic (exact) mass is 299 g/mol. The Hall–Kier alpha value is -2.76. The molecule has 0 spiro atoms. The molecule has 0 aliphatic carbocycles. The van der Waals surface area contributed by atoms with E-state index in [4.69, 9.17) is 4.84 Å². The smallest absolute Gasteiger partial charge is 0.271 e. The van der Waals surface area contributed by atoms with E-state index in [0.29, 0.717) is 17.8 Å². The van der Waals surface area contributed by atoms with Gasteiger partial charge >= 0.3 is 0 Å². The molecule has 0 unspecified atom stereocenters. The van der Waals surface area contributed by atoms with Gasteiger partial charge in [-0.05, 0) is 36.8 Å². The zero-order valence-corrected chi connectivity index (χ0v) is 11.9. The van der Waals surface area contributed by atoms with Crippen LogP contribution >= 0.6 is 0 Å². The summed E-state index contributed by atoms with van der Waals surface area (Å²) in [5, 5.41) is 6.71. The molecule has 0 bridgehead atoms. The highest BCUT2D eigenvalue weighted by Gasteiger charge is 2.42. The molecule has 0 saturated carbocycles. The molecule has 2 aromatic rings. The molecule has 0 radical (unpaired) electrons. The van der Waals surface area contributed by atoms with E-state index in [1.165, 1.54) is 12.1 Å². The molecule has 112 valence electrons. The number of amides is 1. The minimum atomic E-state index is -1.10. The molecular formula is C16H14FN3O2. The van der Waals surface area contributed by atoms with E-state index >= 15 is 0 Å². The largest absolute Gasteiger partial charge is 0.379 e. The number of aromatic nitrogens is 1. The van der Waals surface area contributed by atoms with Crippen molar-refractivity contribution < 1.29 is 14.0 Å². The highest BCUT2D eigenvalue weighted by Crippen LogP contribution is 2.28. The van der Waals surface area contributed by atoms with Gasteiger partial charge in [-0.3, -0.25) is 9.78 Å². The fourth-order valence-corrected chi connectivity index (χ4v) is 2.16. The van der Waals surface area contributed by atoms with Crippen LogP contribution in [0.2, 0.25) is 0 Å². The van der Waals surface area contributed by atoms with E-state index < -0.39 is 5.60 Å². The normalized spacial score (nSPS) is 20.2. The van der Waals surface area contributed by atoms with E-state index in [9.17, 15) is 9.18 Å². The van der Waals surface area contributed by atoms with Gasteiger partial charge < -0.3 is 10.2 Å². The van der Waals surface area contributed by atoms with Gasteiger partial charge in [-0.1, -0.05) is 17.3 Å². The highest BCUT2D eigenvalue weighted by atomic mass is 19.1. The number of hydrogen-bond acceptors (Lipinski definition) is 4. The van der Waals surface area contributed by atoms with E-state index in [0.717, 1.165) is 5.56 Å². The van der Waals surface area contributed by atoms with Crippen molar-refractivity contribution in [1.29, 1.82) is 0 Å². The first-order chi connectivity index (χ1) is 10.6. The van der Waals surface area contributed by atoms with Crippen LogP contribution in [0.1, 0.15) is 18.9 Å². The molecule has 1 atom stereocenters. The predicted octanol–water partition coefficient (Wildman–Crippen LogP) is 2.74. The number of benzene rings is 1. The Morgan fingerprint density at radius 2 is 2.09 bits per heavy atom. The number of carbonyl (C=O) groups excluding carboxylic acids is 1. The molecular weight excluding hydrogens is 285 g/mol. The van der Waals surface area contributed by atoms with Crippen LogP contribution in [0.15, 0.2) is 53.9 Å². The van der Waals surface area contributed by atoms with Crippen LogP contribution in [-0.4, -0.2) is 22.2 Å². The molecule has 2 heterocycles. The van der Waals surface area contributed by atoms with Crippen molar-refractivity contribution in [3.63, 3.8) is 0 Å². The first-order valence-electron chi connectivity index (χ1n) is 6.79. The Morgan fingerprint density at radius 1 is 1.32 bits per heavy atom. The maximum Gasteiger partial charge on any atom is 0.271 e.